The van der Waals surface area contributed by atoms with Gasteiger partial charge in [0.1, 0.15) is 0 Å². The van der Waals surface area contributed by atoms with Gasteiger partial charge in [-0.3, -0.25) is 4.98 Å². The van der Waals surface area contributed by atoms with Crippen molar-refractivity contribution in [3.63, 3.8) is 0 Å². The molecule has 1 aliphatic rings. The van der Waals surface area contributed by atoms with Crippen LogP contribution in [0.15, 0.2) is 24.4 Å². The van der Waals surface area contributed by atoms with Crippen LogP contribution >= 0.6 is 11.6 Å². The second-order valence-corrected chi connectivity index (χ2v) is 3.39. The maximum atomic E-state index is 5.87. The van der Waals surface area contributed by atoms with Crippen LogP contribution in [0.2, 0.25) is 0 Å². The Morgan fingerprint density at radius 2 is 2.33 bits per heavy atom. The molecule has 1 fully saturated rings. The lowest BCUT2D eigenvalue weighted by Crippen LogP contribution is -2.48. The third kappa shape index (κ3) is 1.11. The van der Waals surface area contributed by atoms with Crippen molar-refractivity contribution in [2.75, 3.05) is 19.1 Å². The molecular formula is C9H10ClNO. The summed E-state index contributed by atoms with van der Waals surface area (Å²) < 4.78 is 5.16. The van der Waals surface area contributed by atoms with E-state index in [4.69, 9.17) is 16.3 Å². The molecule has 64 valence electrons. The summed E-state index contributed by atoms with van der Waals surface area (Å²) in [6.07, 6.45) is 1.79. The van der Waals surface area contributed by atoms with E-state index in [1.165, 1.54) is 0 Å². The highest BCUT2D eigenvalue weighted by molar-refractivity contribution is 6.18. The fourth-order valence-corrected chi connectivity index (χ4v) is 1.61. The lowest BCUT2D eigenvalue weighted by atomic mass is 9.84. The first-order chi connectivity index (χ1) is 5.87. The number of hydrogen-bond acceptors (Lipinski definition) is 2. The van der Waals surface area contributed by atoms with Crippen LogP contribution in [0.25, 0.3) is 0 Å². The molecule has 0 spiro atoms. The number of alkyl halides is 1. The Balaban J connectivity index is 2.28. The zero-order chi connectivity index (χ0) is 8.44. The summed E-state index contributed by atoms with van der Waals surface area (Å²) in [5, 5.41) is 0. The second kappa shape index (κ2) is 3.04. The van der Waals surface area contributed by atoms with Gasteiger partial charge < -0.3 is 4.74 Å². The molecule has 0 bridgehead atoms. The van der Waals surface area contributed by atoms with Crippen LogP contribution < -0.4 is 0 Å². The molecule has 2 nitrogen and oxygen atoms in total. The van der Waals surface area contributed by atoms with Crippen molar-refractivity contribution >= 4 is 11.6 Å². The monoisotopic (exact) mass is 183 g/mol. The van der Waals surface area contributed by atoms with E-state index < -0.39 is 0 Å². The number of rotatable bonds is 2. The Bertz CT molecular complexity index is 253. The van der Waals surface area contributed by atoms with Gasteiger partial charge in [-0.05, 0) is 12.1 Å². The van der Waals surface area contributed by atoms with E-state index in [-0.39, 0.29) is 5.41 Å². The first-order valence-electron chi connectivity index (χ1n) is 3.93. The van der Waals surface area contributed by atoms with Crippen LogP contribution in [0.5, 0.6) is 0 Å². The summed E-state index contributed by atoms with van der Waals surface area (Å²) in [5.41, 5.74) is 1.04. The lowest BCUT2D eigenvalue weighted by molar-refractivity contribution is -0.0500. The van der Waals surface area contributed by atoms with Crippen molar-refractivity contribution in [2.45, 2.75) is 5.41 Å². The average Bonchev–Trinajstić information content (AvgIpc) is 2.05. The molecule has 12 heavy (non-hydrogen) atoms. The van der Waals surface area contributed by atoms with Gasteiger partial charge in [0.15, 0.2) is 0 Å². The van der Waals surface area contributed by atoms with Gasteiger partial charge in [-0.2, -0.15) is 0 Å². The molecule has 0 amide bonds. The Kier molecular flexibility index (Phi) is 2.03. The Labute approximate surface area is 76.5 Å². The van der Waals surface area contributed by atoms with E-state index >= 15 is 0 Å². The summed E-state index contributed by atoms with van der Waals surface area (Å²) in [6.45, 7) is 1.40. The molecule has 1 aromatic heterocycles. The minimum atomic E-state index is -0.0111. The molecule has 0 radical (unpaired) electrons. The van der Waals surface area contributed by atoms with E-state index in [2.05, 4.69) is 4.98 Å². The number of halogens is 1. The minimum absolute atomic E-state index is 0.0111. The Hall–Kier alpha value is -0.600. The zero-order valence-electron chi connectivity index (χ0n) is 6.66. The Morgan fingerprint density at radius 1 is 1.50 bits per heavy atom. The van der Waals surface area contributed by atoms with E-state index in [0.717, 1.165) is 5.69 Å². The molecule has 1 aliphatic heterocycles. The van der Waals surface area contributed by atoms with Crippen molar-refractivity contribution < 1.29 is 4.74 Å². The highest BCUT2D eigenvalue weighted by atomic mass is 35.5. The number of nitrogens with zero attached hydrogens (tertiary/aromatic N) is 1. The summed E-state index contributed by atoms with van der Waals surface area (Å²) in [4.78, 5) is 4.28. The quantitative estimate of drug-likeness (QED) is 0.650. The number of ether oxygens (including phenoxy) is 1. The summed E-state index contributed by atoms with van der Waals surface area (Å²) in [7, 11) is 0. The molecule has 1 aromatic rings. The molecule has 0 aromatic carbocycles. The van der Waals surface area contributed by atoms with Gasteiger partial charge in [-0.15, -0.1) is 11.6 Å². The fourth-order valence-electron chi connectivity index (χ4n) is 1.32. The largest absolute Gasteiger partial charge is 0.379 e. The summed E-state index contributed by atoms with van der Waals surface area (Å²) >= 11 is 5.87. The van der Waals surface area contributed by atoms with Crippen molar-refractivity contribution in [1.29, 1.82) is 0 Å². The molecule has 0 saturated carbocycles. The smallest absolute Gasteiger partial charge is 0.0727 e. The van der Waals surface area contributed by atoms with E-state index in [9.17, 15) is 0 Å². The summed E-state index contributed by atoms with van der Waals surface area (Å²) in [6, 6.07) is 5.89. The van der Waals surface area contributed by atoms with Gasteiger partial charge in [0.2, 0.25) is 0 Å². The number of aromatic nitrogens is 1. The van der Waals surface area contributed by atoms with Crippen molar-refractivity contribution in [3.05, 3.63) is 30.1 Å². The fraction of sp³-hybridized carbons (Fsp3) is 0.444. The number of hydrogen-bond donors (Lipinski definition) is 0. The molecule has 0 N–H and O–H groups in total. The van der Waals surface area contributed by atoms with Crippen molar-refractivity contribution in [1.82, 2.24) is 4.98 Å². The maximum Gasteiger partial charge on any atom is 0.0727 e. The maximum absolute atomic E-state index is 5.87. The molecule has 0 unspecified atom stereocenters. The van der Waals surface area contributed by atoms with Gasteiger partial charge in [0.25, 0.3) is 0 Å². The lowest BCUT2D eigenvalue weighted by Gasteiger charge is -2.39. The first kappa shape index (κ1) is 8.02. The topological polar surface area (TPSA) is 22.1 Å². The van der Waals surface area contributed by atoms with Crippen molar-refractivity contribution in [2.24, 2.45) is 0 Å². The van der Waals surface area contributed by atoms with Crippen LogP contribution in [0.4, 0.5) is 0 Å². The molecule has 2 heterocycles. The molecule has 0 aliphatic carbocycles. The predicted octanol–water partition coefficient (Wildman–Crippen LogP) is 1.59. The summed E-state index contributed by atoms with van der Waals surface area (Å²) in [5.74, 6) is 0.587. The second-order valence-electron chi connectivity index (χ2n) is 3.12. The highest BCUT2D eigenvalue weighted by Gasteiger charge is 2.40. The molecule has 2 rings (SSSR count). The molecule has 3 heteroatoms. The minimum Gasteiger partial charge on any atom is -0.379 e. The van der Waals surface area contributed by atoms with Crippen molar-refractivity contribution in [3.8, 4) is 0 Å². The van der Waals surface area contributed by atoms with Crippen LogP contribution in [0, 0.1) is 0 Å². The number of pyridine rings is 1. The van der Waals surface area contributed by atoms with Gasteiger partial charge in [-0.25, -0.2) is 0 Å². The van der Waals surface area contributed by atoms with Gasteiger partial charge in [0, 0.05) is 12.1 Å². The SMILES string of the molecule is ClCC1(c2ccccn2)COC1. The zero-order valence-corrected chi connectivity index (χ0v) is 7.42. The molecule has 0 atom stereocenters. The average molecular weight is 184 g/mol. The van der Waals surface area contributed by atoms with Crippen LogP contribution in [0.1, 0.15) is 5.69 Å². The normalized spacial score (nSPS) is 20.1. The molecular weight excluding hydrogens is 174 g/mol. The van der Waals surface area contributed by atoms with Gasteiger partial charge in [-0.1, -0.05) is 6.07 Å². The van der Waals surface area contributed by atoms with E-state index in [0.29, 0.717) is 19.1 Å². The Morgan fingerprint density at radius 3 is 2.75 bits per heavy atom. The third-order valence-electron chi connectivity index (χ3n) is 2.22. The third-order valence-corrected chi connectivity index (χ3v) is 2.73. The van der Waals surface area contributed by atoms with E-state index in [1.54, 1.807) is 6.20 Å². The van der Waals surface area contributed by atoms with E-state index in [1.807, 2.05) is 18.2 Å². The standard InChI is InChI=1S/C9H10ClNO/c10-5-9(6-12-7-9)8-3-1-2-4-11-8/h1-4H,5-7H2. The highest BCUT2D eigenvalue weighted by Crippen LogP contribution is 2.31. The van der Waals surface area contributed by atoms with Crippen LogP contribution in [-0.2, 0) is 10.2 Å². The predicted molar refractivity (Wildman–Crippen MR) is 47.5 cm³/mol. The van der Waals surface area contributed by atoms with Gasteiger partial charge in [0.05, 0.1) is 24.3 Å². The van der Waals surface area contributed by atoms with Gasteiger partial charge >= 0.3 is 0 Å². The van der Waals surface area contributed by atoms with Crippen LogP contribution in [-0.4, -0.2) is 24.1 Å². The first-order valence-corrected chi connectivity index (χ1v) is 4.46. The van der Waals surface area contributed by atoms with Crippen LogP contribution in [0.3, 0.4) is 0 Å². The molecule has 1 saturated heterocycles.